The number of aromatic nitrogens is 1. The number of pyridine rings is 1. The predicted molar refractivity (Wildman–Crippen MR) is 103 cm³/mol. The van der Waals surface area contributed by atoms with Crippen LogP contribution in [-0.4, -0.2) is 53.3 Å². The first kappa shape index (κ1) is 20.7. The first-order valence-electron chi connectivity index (χ1n) is 9.48. The lowest BCUT2D eigenvalue weighted by atomic mass is 9.83. The Morgan fingerprint density at radius 2 is 1.75 bits per heavy atom. The van der Waals surface area contributed by atoms with Crippen LogP contribution in [0.4, 0.5) is 11.5 Å². The van der Waals surface area contributed by atoms with E-state index in [1.807, 2.05) is 46.0 Å². The van der Waals surface area contributed by atoms with Gasteiger partial charge in [0.15, 0.2) is 0 Å². The molecule has 5 heteroatoms. The Hall–Kier alpha value is -1.33. The Labute approximate surface area is 147 Å². The van der Waals surface area contributed by atoms with Crippen LogP contribution in [0.5, 0.6) is 0 Å². The molecule has 0 aromatic carbocycles. The summed E-state index contributed by atoms with van der Waals surface area (Å²) in [5.74, 6) is 0.551. The molecule has 3 N–H and O–H groups in total. The number of nitrogens with zero attached hydrogens (tertiary/aromatic N) is 3. The number of aliphatic hydroxyl groups is 1. The number of likely N-dealkylation sites (tertiary alicyclic amines) is 1. The number of nitrogen functional groups attached to an aromatic ring is 1. The van der Waals surface area contributed by atoms with E-state index in [0.29, 0.717) is 11.9 Å². The van der Waals surface area contributed by atoms with Crippen molar-refractivity contribution in [3.05, 3.63) is 18.3 Å². The normalized spacial score (nSPS) is 22.9. The fraction of sp³-hybridized carbons (Fsp3) is 0.737. The monoisotopic (exact) mass is 336 g/mol. The molecule has 1 atom stereocenters. The third kappa shape index (κ3) is 4.84. The number of likely N-dealkylation sites (N-methyl/N-ethyl adjacent to an activating group) is 1. The minimum absolute atomic E-state index is 0.328. The molecule has 3 heterocycles. The second kappa shape index (κ2) is 9.84. The van der Waals surface area contributed by atoms with Crippen molar-refractivity contribution in [1.82, 2.24) is 9.88 Å². The van der Waals surface area contributed by atoms with Gasteiger partial charge in [0.2, 0.25) is 0 Å². The van der Waals surface area contributed by atoms with E-state index in [2.05, 4.69) is 21.8 Å². The van der Waals surface area contributed by atoms with E-state index in [9.17, 15) is 5.11 Å². The van der Waals surface area contributed by atoms with Crippen molar-refractivity contribution in [2.45, 2.75) is 65.0 Å². The van der Waals surface area contributed by atoms with Gasteiger partial charge in [0, 0.05) is 19.1 Å². The highest BCUT2D eigenvalue weighted by Gasteiger charge is 2.43. The van der Waals surface area contributed by atoms with Crippen LogP contribution in [-0.2, 0) is 0 Å². The lowest BCUT2D eigenvalue weighted by Crippen LogP contribution is -2.55. The van der Waals surface area contributed by atoms with Gasteiger partial charge in [0.05, 0.1) is 17.5 Å². The van der Waals surface area contributed by atoms with E-state index in [1.54, 1.807) is 0 Å². The molecule has 1 aromatic rings. The van der Waals surface area contributed by atoms with Crippen LogP contribution >= 0.6 is 0 Å². The largest absolute Gasteiger partial charge is 0.388 e. The van der Waals surface area contributed by atoms with Crippen molar-refractivity contribution in [3.8, 4) is 0 Å². The Morgan fingerprint density at radius 3 is 2.21 bits per heavy atom. The highest BCUT2D eigenvalue weighted by atomic mass is 16.3. The highest BCUT2D eigenvalue weighted by Crippen LogP contribution is 2.35. The maximum absolute atomic E-state index is 10.9. The average Bonchev–Trinajstić information content (AvgIpc) is 3.07. The van der Waals surface area contributed by atoms with Crippen molar-refractivity contribution >= 4 is 11.5 Å². The van der Waals surface area contributed by atoms with Gasteiger partial charge in [-0.15, -0.1) is 0 Å². The minimum atomic E-state index is -0.525. The van der Waals surface area contributed by atoms with Gasteiger partial charge in [-0.25, -0.2) is 4.98 Å². The third-order valence-electron chi connectivity index (χ3n) is 4.91. The van der Waals surface area contributed by atoms with Crippen LogP contribution in [0.25, 0.3) is 0 Å². The Balaban J connectivity index is 0.000000671. The quantitative estimate of drug-likeness (QED) is 0.868. The molecular weight excluding hydrogens is 300 g/mol. The zero-order valence-corrected chi connectivity index (χ0v) is 16.1. The summed E-state index contributed by atoms with van der Waals surface area (Å²) >= 11 is 0. The maximum atomic E-state index is 10.9. The molecule has 5 nitrogen and oxygen atoms in total. The molecule has 2 fully saturated rings. The Kier molecular flexibility index (Phi) is 8.50. The fourth-order valence-corrected chi connectivity index (χ4v) is 3.66. The van der Waals surface area contributed by atoms with E-state index < -0.39 is 5.60 Å². The van der Waals surface area contributed by atoms with Gasteiger partial charge in [-0.1, -0.05) is 27.7 Å². The predicted octanol–water partition coefficient (Wildman–Crippen LogP) is 3.14. The molecular formula is C19H36N4O. The fourth-order valence-electron chi connectivity index (χ4n) is 3.66. The van der Waals surface area contributed by atoms with Crippen LogP contribution in [0, 0.1) is 0 Å². The van der Waals surface area contributed by atoms with Gasteiger partial charge in [0.1, 0.15) is 5.82 Å². The number of rotatable bonds is 2. The summed E-state index contributed by atoms with van der Waals surface area (Å²) in [7, 11) is 2.13. The van der Waals surface area contributed by atoms with Gasteiger partial charge < -0.3 is 20.6 Å². The molecule has 0 bridgehead atoms. The summed E-state index contributed by atoms with van der Waals surface area (Å²) < 4.78 is 0. The molecule has 1 unspecified atom stereocenters. The molecule has 2 saturated heterocycles. The van der Waals surface area contributed by atoms with Crippen LogP contribution in [0.3, 0.4) is 0 Å². The summed E-state index contributed by atoms with van der Waals surface area (Å²) in [5, 5.41) is 10.9. The number of hydrogen-bond acceptors (Lipinski definition) is 5. The molecule has 24 heavy (non-hydrogen) atoms. The van der Waals surface area contributed by atoms with Gasteiger partial charge in [0.25, 0.3) is 0 Å². The standard InChI is InChI=1S/C15H24N4O.2C2H6/c1-18-8-2-3-13(18)15(20)6-9-19(10-7-15)12-4-5-14(16)17-11-12;2*1-2/h4-5,11,13,20H,2-3,6-10H2,1H3,(H2,16,17);2*1-2H3. The molecule has 1 aromatic heterocycles. The molecule has 0 amide bonds. The summed E-state index contributed by atoms with van der Waals surface area (Å²) in [4.78, 5) is 8.75. The second-order valence-corrected chi connectivity index (χ2v) is 6.17. The summed E-state index contributed by atoms with van der Waals surface area (Å²) in [5.41, 5.74) is 6.20. The zero-order valence-electron chi connectivity index (χ0n) is 16.1. The molecule has 0 radical (unpaired) electrons. The first-order chi connectivity index (χ1) is 11.6. The molecule has 2 aliphatic rings. The zero-order chi connectivity index (χ0) is 18.2. The Morgan fingerprint density at radius 1 is 1.12 bits per heavy atom. The van der Waals surface area contributed by atoms with Crippen molar-refractivity contribution in [2.24, 2.45) is 0 Å². The van der Waals surface area contributed by atoms with Crippen LogP contribution in [0.2, 0.25) is 0 Å². The smallest absolute Gasteiger partial charge is 0.123 e. The maximum Gasteiger partial charge on any atom is 0.123 e. The van der Waals surface area contributed by atoms with Crippen molar-refractivity contribution in [2.75, 3.05) is 37.3 Å². The average molecular weight is 337 g/mol. The molecule has 0 spiro atoms. The van der Waals surface area contributed by atoms with E-state index in [-0.39, 0.29) is 0 Å². The third-order valence-corrected chi connectivity index (χ3v) is 4.91. The molecule has 0 saturated carbocycles. The lowest BCUT2D eigenvalue weighted by molar-refractivity contribution is -0.0449. The number of piperidine rings is 1. The first-order valence-corrected chi connectivity index (χ1v) is 9.48. The lowest BCUT2D eigenvalue weighted by Gasteiger charge is -2.44. The van der Waals surface area contributed by atoms with E-state index >= 15 is 0 Å². The van der Waals surface area contributed by atoms with Crippen molar-refractivity contribution in [3.63, 3.8) is 0 Å². The van der Waals surface area contributed by atoms with Gasteiger partial charge in [-0.2, -0.15) is 0 Å². The van der Waals surface area contributed by atoms with E-state index in [4.69, 9.17) is 5.73 Å². The van der Waals surface area contributed by atoms with Crippen LogP contribution in [0.15, 0.2) is 18.3 Å². The van der Waals surface area contributed by atoms with Crippen LogP contribution in [0.1, 0.15) is 53.4 Å². The minimum Gasteiger partial charge on any atom is -0.388 e. The van der Waals surface area contributed by atoms with E-state index in [1.165, 1.54) is 6.42 Å². The van der Waals surface area contributed by atoms with Gasteiger partial charge >= 0.3 is 0 Å². The van der Waals surface area contributed by atoms with Crippen molar-refractivity contribution in [1.29, 1.82) is 0 Å². The molecule has 0 aliphatic carbocycles. The molecule has 3 rings (SSSR count). The van der Waals surface area contributed by atoms with Crippen LogP contribution < -0.4 is 10.6 Å². The highest BCUT2D eigenvalue weighted by molar-refractivity contribution is 5.48. The number of hydrogen-bond donors (Lipinski definition) is 2. The summed E-state index contributed by atoms with van der Waals surface area (Å²) in [6.45, 7) is 10.9. The molecule has 138 valence electrons. The molecule has 2 aliphatic heterocycles. The second-order valence-electron chi connectivity index (χ2n) is 6.17. The summed E-state index contributed by atoms with van der Waals surface area (Å²) in [6, 6.07) is 4.17. The SMILES string of the molecule is CC.CC.CN1CCCC1C1(O)CCN(c2ccc(N)nc2)CC1. The van der Waals surface area contributed by atoms with Gasteiger partial charge in [-0.05, 0) is 51.4 Å². The Bertz CT molecular complexity index is 455. The number of anilines is 2. The van der Waals surface area contributed by atoms with E-state index in [0.717, 1.165) is 44.6 Å². The number of nitrogens with two attached hydrogens (primary N) is 1. The topological polar surface area (TPSA) is 65.6 Å². The summed E-state index contributed by atoms with van der Waals surface area (Å²) in [6.07, 6.45) is 5.80. The van der Waals surface area contributed by atoms with Gasteiger partial charge in [-0.3, -0.25) is 0 Å². The van der Waals surface area contributed by atoms with Crippen molar-refractivity contribution < 1.29 is 5.11 Å².